The summed E-state index contributed by atoms with van der Waals surface area (Å²) in [7, 11) is 0. The SMILES string of the molecule is O=C(NC1CCCN(c2cnc3ccccc3n2)C1)c1ccncn1. The Hall–Kier alpha value is -3.09. The number of carbonyl (C=O) groups is 1. The summed E-state index contributed by atoms with van der Waals surface area (Å²) in [6.07, 6.45) is 6.68. The van der Waals surface area contributed by atoms with Gasteiger partial charge in [-0.1, -0.05) is 12.1 Å². The number of amides is 1. The number of hydrogen-bond donors (Lipinski definition) is 1. The van der Waals surface area contributed by atoms with Gasteiger partial charge in [-0.25, -0.2) is 15.0 Å². The van der Waals surface area contributed by atoms with Crippen molar-refractivity contribution in [2.45, 2.75) is 18.9 Å². The second kappa shape index (κ2) is 6.80. The molecule has 1 N–H and O–H groups in total. The maximum absolute atomic E-state index is 12.3. The number of nitrogens with zero attached hydrogens (tertiary/aromatic N) is 5. The zero-order valence-electron chi connectivity index (χ0n) is 13.7. The molecule has 2 aromatic heterocycles. The average molecular weight is 334 g/mol. The monoisotopic (exact) mass is 334 g/mol. The molecule has 0 spiro atoms. The van der Waals surface area contributed by atoms with Crippen molar-refractivity contribution in [1.82, 2.24) is 25.3 Å². The third-order valence-corrected chi connectivity index (χ3v) is 4.33. The fraction of sp³-hybridized carbons (Fsp3) is 0.278. The van der Waals surface area contributed by atoms with Crippen molar-refractivity contribution in [3.63, 3.8) is 0 Å². The van der Waals surface area contributed by atoms with Crippen LogP contribution in [0.4, 0.5) is 5.82 Å². The second-order valence-electron chi connectivity index (χ2n) is 6.07. The lowest BCUT2D eigenvalue weighted by Gasteiger charge is -2.33. The predicted molar refractivity (Wildman–Crippen MR) is 94.3 cm³/mol. The van der Waals surface area contributed by atoms with E-state index in [4.69, 9.17) is 4.98 Å². The van der Waals surface area contributed by atoms with E-state index in [1.54, 1.807) is 18.5 Å². The molecule has 4 rings (SSSR count). The molecule has 3 heterocycles. The number of carbonyl (C=O) groups excluding carboxylic acids is 1. The zero-order chi connectivity index (χ0) is 17.1. The minimum Gasteiger partial charge on any atom is -0.353 e. The molecular formula is C18H18N6O. The third-order valence-electron chi connectivity index (χ3n) is 4.33. The summed E-state index contributed by atoms with van der Waals surface area (Å²) in [5.41, 5.74) is 2.15. The lowest BCUT2D eigenvalue weighted by Crippen LogP contribution is -2.48. The van der Waals surface area contributed by atoms with Crippen LogP contribution in [0.3, 0.4) is 0 Å². The van der Waals surface area contributed by atoms with Crippen LogP contribution in [0.25, 0.3) is 11.0 Å². The molecule has 0 bridgehead atoms. The summed E-state index contributed by atoms with van der Waals surface area (Å²) < 4.78 is 0. The summed E-state index contributed by atoms with van der Waals surface area (Å²) in [4.78, 5) is 31.5. The van der Waals surface area contributed by atoms with Gasteiger partial charge in [0.15, 0.2) is 0 Å². The Morgan fingerprint density at radius 3 is 2.88 bits per heavy atom. The second-order valence-corrected chi connectivity index (χ2v) is 6.07. The van der Waals surface area contributed by atoms with Crippen LogP contribution in [-0.2, 0) is 0 Å². The highest BCUT2D eigenvalue weighted by Crippen LogP contribution is 2.20. The first kappa shape index (κ1) is 15.4. The van der Waals surface area contributed by atoms with Crippen molar-refractivity contribution >= 4 is 22.8 Å². The molecule has 7 nitrogen and oxygen atoms in total. The molecule has 1 aliphatic rings. The molecule has 1 aromatic carbocycles. The molecule has 25 heavy (non-hydrogen) atoms. The highest BCUT2D eigenvalue weighted by molar-refractivity contribution is 5.92. The van der Waals surface area contributed by atoms with Crippen LogP contribution in [0, 0.1) is 0 Å². The molecule has 3 aromatic rings. The van der Waals surface area contributed by atoms with Crippen molar-refractivity contribution in [3.05, 3.63) is 54.7 Å². The molecule has 1 atom stereocenters. The molecule has 0 aliphatic carbocycles. The summed E-state index contributed by atoms with van der Waals surface area (Å²) in [6, 6.07) is 9.50. The van der Waals surface area contributed by atoms with Crippen molar-refractivity contribution in [2.75, 3.05) is 18.0 Å². The number of aromatic nitrogens is 4. The highest BCUT2D eigenvalue weighted by atomic mass is 16.1. The normalized spacial score (nSPS) is 17.4. The van der Waals surface area contributed by atoms with Gasteiger partial charge in [-0.15, -0.1) is 0 Å². The van der Waals surface area contributed by atoms with Gasteiger partial charge in [-0.2, -0.15) is 0 Å². The first-order valence-electron chi connectivity index (χ1n) is 8.33. The summed E-state index contributed by atoms with van der Waals surface area (Å²) >= 11 is 0. The minimum absolute atomic E-state index is 0.0597. The summed E-state index contributed by atoms with van der Waals surface area (Å²) in [5.74, 6) is 0.679. The Morgan fingerprint density at radius 1 is 1.16 bits per heavy atom. The van der Waals surface area contributed by atoms with Crippen LogP contribution in [0.5, 0.6) is 0 Å². The van der Waals surface area contributed by atoms with Gasteiger partial charge in [-0.3, -0.25) is 9.78 Å². The van der Waals surface area contributed by atoms with E-state index in [0.717, 1.165) is 36.2 Å². The van der Waals surface area contributed by atoms with Crippen molar-refractivity contribution in [3.8, 4) is 0 Å². The third kappa shape index (κ3) is 3.40. The maximum Gasteiger partial charge on any atom is 0.270 e. The standard InChI is InChI=1S/C18H18N6O/c25-18(16-7-8-19-12-21-16)22-13-4-3-9-24(11-13)17-10-20-14-5-1-2-6-15(14)23-17/h1-2,5-8,10,12-13H,3-4,9,11H2,(H,22,25). The van der Waals surface area contributed by atoms with Gasteiger partial charge >= 0.3 is 0 Å². The van der Waals surface area contributed by atoms with E-state index >= 15 is 0 Å². The fourth-order valence-electron chi connectivity index (χ4n) is 3.09. The van der Waals surface area contributed by atoms with Gasteiger partial charge in [0.2, 0.25) is 0 Å². The first-order chi connectivity index (χ1) is 12.3. The number of fused-ring (bicyclic) bond motifs is 1. The molecule has 7 heteroatoms. The van der Waals surface area contributed by atoms with E-state index in [9.17, 15) is 4.79 Å². The van der Waals surface area contributed by atoms with Crippen molar-refractivity contribution < 1.29 is 4.79 Å². The Bertz CT molecular complexity index is 885. The number of nitrogens with one attached hydrogen (secondary N) is 1. The molecule has 1 aliphatic heterocycles. The Balaban J connectivity index is 1.47. The lowest BCUT2D eigenvalue weighted by atomic mass is 10.1. The van der Waals surface area contributed by atoms with E-state index in [2.05, 4.69) is 25.2 Å². The van der Waals surface area contributed by atoms with Crippen LogP contribution in [0.15, 0.2) is 49.1 Å². The number of anilines is 1. The van der Waals surface area contributed by atoms with E-state index in [1.165, 1.54) is 6.33 Å². The minimum atomic E-state index is -0.168. The molecule has 1 saturated heterocycles. The molecular weight excluding hydrogens is 316 g/mol. The number of hydrogen-bond acceptors (Lipinski definition) is 6. The Morgan fingerprint density at radius 2 is 2.04 bits per heavy atom. The van der Waals surface area contributed by atoms with Gasteiger partial charge < -0.3 is 10.2 Å². The number of rotatable bonds is 3. The lowest BCUT2D eigenvalue weighted by molar-refractivity contribution is 0.0928. The number of para-hydroxylation sites is 2. The molecule has 0 radical (unpaired) electrons. The molecule has 126 valence electrons. The van der Waals surface area contributed by atoms with Gasteiger partial charge in [0.25, 0.3) is 5.91 Å². The highest BCUT2D eigenvalue weighted by Gasteiger charge is 2.23. The Labute approximate surface area is 145 Å². The topological polar surface area (TPSA) is 83.9 Å². The predicted octanol–water partition coefficient (Wildman–Crippen LogP) is 1.82. The Kier molecular flexibility index (Phi) is 4.20. The van der Waals surface area contributed by atoms with Gasteiger partial charge in [-0.05, 0) is 31.0 Å². The molecule has 1 unspecified atom stereocenters. The van der Waals surface area contributed by atoms with E-state index < -0.39 is 0 Å². The van der Waals surface area contributed by atoms with E-state index in [1.807, 2.05) is 24.3 Å². The maximum atomic E-state index is 12.3. The van der Waals surface area contributed by atoms with Crippen LogP contribution in [0.2, 0.25) is 0 Å². The quantitative estimate of drug-likeness (QED) is 0.786. The summed E-state index contributed by atoms with van der Waals surface area (Å²) in [5, 5.41) is 3.05. The van der Waals surface area contributed by atoms with Crippen LogP contribution < -0.4 is 10.2 Å². The van der Waals surface area contributed by atoms with Crippen molar-refractivity contribution in [1.29, 1.82) is 0 Å². The molecule has 0 saturated carbocycles. The summed E-state index contributed by atoms with van der Waals surface area (Å²) in [6.45, 7) is 1.62. The fourth-order valence-corrected chi connectivity index (χ4v) is 3.09. The van der Waals surface area contributed by atoms with E-state index in [-0.39, 0.29) is 11.9 Å². The smallest absolute Gasteiger partial charge is 0.270 e. The van der Waals surface area contributed by atoms with Crippen LogP contribution in [-0.4, -0.2) is 45.0 Å². The van der Waals surface area contributed by atoms with Crippen molar-refractivity contribution in [2.24, 2.45) is 0 Å². The van der Waals surface area contributed by atoms with Gasteiger partial charge in [0.05, 0.1) is 17.2 Å². The molecule has 1 amide bonds. The van der Waals surface area contributed by atoms with E-state index in [0.29, 0.717) is 12.2 Å². The van der Waals surface area contributed by atoms with Crippen LogP contribution >= 0.6 is 0 Å². The largest absolute Gasteiger partial charge is 0.353 e. The van der Waals surface area contributed by atoms with Gasteiger partial charge in [0.1, 0.15) is 17.8 Å². The average Bonchev–Trinajstić information content (AvgIpc) is 2.68. The zero-order valence-corrected chi connectivity index (χ0v) is 13.7. The number of piperidine rings is 1. The first-order valence-corrected chi connectivity index (χ1v) is 8.33. The van der Waals surface area contributed by atoms with Gasteiger partial charge in [0, 0.05) is 25.3 Å². The number of benzene rings is 1. The van der Waals surface area contributed by atoms with Crippen LogP contribution in [0.1, 0.15) is 23.3 Å². The molecule has 1 fully saturated rings.